The van der Waals surface area contributed by atoms with Crippen molar-refractivity contribution in [1.29, 1.82) is 0 Å². The molecule has 2 amide bonds. The first-order valence-electron chi connectivity index (χ1n) is 9.08. The van der Waals surface area contributed by atoms with Crippen LogP contribution in [0.1, 0.15) is 36.0 Å². The summed E-state index contributed by atoms with van der Waals surface area (Å²) >= 11 is 0. The van der Waals surface area contributed by atoms with E-state index in [0.717, 1.165) is 51.0 Å². The van der Waals surface area contributed by atoms with Gasteiger partial charge < -0.3 is 10.2 Å². The highest BCUT2D eigenvalue weighted by Gasteiger charge is 2.39. The van der Waals surface area contributed by atoms with Crippen LogP contribution < -0.4 is 5.32 Å². The molecule has 3 aliphatic heterocycles. The minimum Gasteiger partial charge on any atom is -0.353 e. The van der Waals surface area contributed by atoms with Crippen molar-refractivity contribution in [2.24, 2.45) is 5.92 Å². The smallest absolute Gasteiger partial charge is 0.253 e. The molecule has 4 rings (SSSR count). The lowest BCUT2D eigenvalue weighted by Gasteiger charge is -2.43. The maximum atomic E-state index is 12.5. The summed E-state index contributed by atoms with van der Waals surface area (Å²) in [4.78, 5) is 28.7. The molecule has 128 valence electrons. The highest BCUT2D eigenvalue weighted by atomic mass is 16.2. The van der Waals surface area contributed by atoms with Gasteiger partial charge in [-0.2, -0.15) is 0 Å². The number of nitrogens with one attached hydrogen (secondary N) is 1. The lowest BCUT2D eigenvalue weighted by atomic mass is 9.90. The number of hydrogen-bond acceptors (Lipinski definition) is 3. The Morgan fingerprint density at radius 3 is 2.54 bits per heavy atom. The molecule has 3 saturated heterocycles. The third kappa shape index (κ3) is 3.05. The summed E-state index contributed by atoms with van der Waals surface area (Å²) in [6, 6.07) is 10.5. The normalized spacial score (nSPS) is 28.5. The lowest BCUT2D eigenvalue weighted by Crippen LogP contribution is -2.52. The molecule has 1 N–H and O–H groups in total. The van der Waals surface area contributed by atoms with Gasteiger partial charge in [-0.1, -0.05) is 18.2 Å². The van der Waals surface area contributed by atoms with Crippen LogP contribution >= 0.6 is 0 Å². The fraction of sp³-hybridized carbons (Fsp3) is 0.579. The molecule has 24 heavy (non-hydrogen) atoms. The molecule has 2 atom stereocenters. The Balaban J connectivity index is 1.32. The van der Waals surface area contributed by atoms with Crippen LogP contribution in [0.3, 0.4) is 0 Å². The number of fused-ring (bicyclic) bond motifs is 1. The first kappa shape index (κ1) is 15.6. The predicted octanol–water partition coefficient (Wildman–Crippen LogP) is 1.50. The number of amides is 2. The molecule has 3 fully saturated rings. The largest absolute Gasteiger partial charge is 0.353 e. The third-order valence-electron chi connectivity index (χ3n) is 5.85. The topological polar surface area (TPSA) is 52.7 Å². The summed E-state index contributed by atoms with van der Waals surface area (Å²) in [6.07, 6.45) is 3.83. The number of piperidine rings is 2. The molecule has 0 spiro atoms. The van der Waals surface area contributed by atoms with Crippen LogP contribution in [0.4, 0.5) is 0 Å². The summed E-state index contributed by atoms with van der Waals surface area (Å²) < 4.78 is 0. The number of carbonyl (C=O) groups is 2. The number of carbonyl (C=O) groups excluding carboxylic acids is 2. The second kappa shape index (κ2) is 6.55. The van der Waals surface area contributed by atoms with E-state index in [-0.39, 0.29) is 11.8 Å². The molecule has 0 saturated carbocycles. The quantitative estimate of drug-likeness (QED) is 0.896. The van der Waals surface area contributed by atoms with Gasteiger partial charge in [0.15, 0.2) is 0 Å². The maximum Gasteiger partial charge on any atom is 0.253 e. The van der Waals surface area contributed by atoms with Crippen molar-refractivity contribution >= 4 is 11.8 Å². The minimum atomic E-state index is 0.151. The minimum absolute atomic E-state index is 0.151. The van der Waals surface area contributed by atoms with Crippen molar-refractivity contribution in [3.63, 3.8) is 0 Å². The zero-order valence-corrected chi connectivity index (χ0v) is 14.0. The first-order chi connectivity index (χ1) is 11.7. The van der Waals surface area contributed by atoms with Crippen molar-refractivity contribution in [3.8, 4) is 0 Å². The Morgan fingerprint density at radius 2 is 1.79 bits per heavy atom. The van der Waals surface area contributed by atoms with Crippen LogP contribution in [-0.4, -0.2) is 59.9 Å². The van der Waals surface area contributed by atoms with E-state index in [9.17, 15) is 9.59 Å². The molecule has 5 nitrogen and oxygen atoms in total. The van der Waals surface area contributed by atoms with Crippen molar-refractivity contribution in [3.05, 3.63) is 35.9 Å². The van der Waals surface area contributed by atoms with Crippen LogP contribution in [0.15, 0.2) is 30.3 Å². The first-order valence-corrected chi connectivity index (χ1v) is 9.08. The second-order valence-corrected chi connectivity index (χ2v) is 7.31. The van der Waals surface area contributed by atoms with Gasteiger partial charge >= 0.3 is 0 Å². The van der Waals surface area contributed by atoms with Gasteiger partial charge in [0.05, 0.1) is 0 Å². The van der Waals surface area contributed by atoms with E-state index in [1.54, 1.807) is 0 Å². The molecule has 1 aromatic rings. The monoisotopic (exact) mass is 327 g/mol. The van der Waals surface area contributed by atoms with E-state index < -0.39 is 0 Å². The number of benzene rings is 1. The molecular formula is C19H25N3O2. The Bertz CT molecular complexity index is 610. The summed E-state index contributed by atoms with van der Waals surface area (Å²) in [7, 11) is 0. The highest BCUT2D eigenvalue weighted by molar-refractivity contribution is 5.94. The van der Waals surface area contributed by atoms with Crippen molar-refractivity contribution in [1.82, 2.24) is 15.1 Å². The van der Waals surface area contributed by atoms with Gasteiger partial charge in [0.2, 0.25) is 5.91 Å². The van der Waals surface area contributed by atoms with Crippen LogP contribution in [0.25, 0.3) is 0 Å². The molecule has 3 aliphatic rings. The molecule has 0 bridgehead atoms. The summed E-state index contributed by atoms with van der Waals surface area (Å²) in [5, 5.41) is 3.10. The van der Waals surface area contributed by atoms with Gasteiger partial charge in [0.25, 0.3) is 5.91 Å². The highest BCUT2D eigenvalue weighted by Crippen LogP contribution is 2.29. The predicted molar refractivity (Wildman–Crippen MR) is 91.6 cm³/mol. The molecule has 0 unspecified atom stereocenters. The SMILES string of the molecule is O=C1C[C@@H]2CN(C3CCN(C(=O)c4ccccc4)CC3)CC[C@@H]2N1. The van der Waals surface area contributed by atoms with E-state index in [1.165, 1.54) is 0 Å². The van der Waals surface area contributed by atoms with Gasteiger partial charge in [0.1, 0.15) is 0 Å². The Hall–Kier alpha value is -1.88. The maximum absolute atomic E-state index is 12.5. The molecule has 3 heterocycles. The van der Waals surface area contributed by atoms with E-state index in [1.807, 2.05) is 35.2 Å². The van der Waals surface area contributed by atoms with Gasteiger partial charge in [-0.25, -0.2) is 0 Å². The Labute approximate surface area is 143 Å². The fourth-order valence-corrected chi connectivity index (χ4v) is 4.49. The van der Waals surface area contributed by atoms with Crippen molar-refractivity contribution in [2.75, 3.05) is 26.2 Å². The zero-order valence-electron chi connectivity index (χ0n) is 14.0. The summed E-state index contributed by atoms with van der Waals surface area (Å²) in [5.41, 5.74) is 0.785. The van der Waals surface area contributed by atoms with E-state index in [0.29, 0.717) is 24.4 Å². The van der Waals surface area contributed by atoms with Crippen LogP contribution in [0.2, 0.25) is 0 Å². The molecular weight excluding hydrogens is 302 g/mol. The Morgan fingerprint density at radius 1 is 1.04 bits per heavy atom. The van der Waals surface area contributed by atoms with E-state index in [2.05, 4.69) is 10.2 Å². The van der Waals surface area contributed by atoms with Gasteiger partial charge in [-0.15, -0.1) is 0 Å². The number of nitrogens with zero attached hydrogens (tertiary/aromatic N) is 2. The zero-order chi connectivity index (χ0) is 16.5. The number of hydrogen-bond donors (Lipinski definition) is 1. The average molecular weight is 327 g/mol. The standard InChI is InChI=1S/C19H25N3O2/c23-18-12-15-13-22(11-8-17(15)20-18)16-6-9-21(10-7-16)19(24)14-4-2-1-3-5-14/h1-5,15-17H,6-13H2,(H,20,23)/t15-,17+/m1/s1. The van der Waals surface area contributed by atoms with Gasteiger partial charge in [-0.3, -0.25) is 14.5 Å². The molecule has 0 radical (unpaired) electrons. The Kier molecular flexibility index (Phi) is 4.27. The molecule has 1 aromatic carbocycles. The molecule has 5 heteroatoms. The van der Waals surface area contributed by atoms with Crippen molar-refractivity contribution < 1.29 is 9.59 Å². The fourth-order valence-electron chi connectivity index (χ4n) is 4.49. The lowest BCUT2D eigenvalue weighted by molar-refractivity contribution is -0.119. The van der Waals surface area contributed by atoms with Gasteiger partial charge in [-0.05, 0) is 31.4 Å². The van der Waals surface area contributed by atoms with Crippen LogP contribution in [0.5, 0.6) is 0 Å². The van der Waals surface area contributed by atoms with Gasteiger partial charge in [0, 0.05) is 56.2 Å². The molecule has 0 aromatic heterocycles. The average Bonchev–Trinajstić information content (AvgIpc) is 3.01. The third-order valence-corrected chi connectivity index (χ3v) is 5.85. The van der Waals surface area contributed by atoms with Crippen molar-refractivity contribution in [2.45, 2.75) is 37.8 Å². The van der Waals surface area contributed by atoms with Crippen LogP contribution in [0, 0.1) is 5.92 Å². The second-order valence-electron chi connectivity index (χ2n) is 7.31. The van der Waals surface area contributed by atoms with E-state index in [4.69, 9.17) is 0 Å². The van der Waals surface area contributed by atoms with E-state index >= 15 is 0 Å². The summed E-state index contributed by atoms with van der Waals surface area (Å²) in [6.45, 7) is 3.76. The molecule has 0 aliphatic carbocycles. The summed E-state index contributed by atoms with van der Waals surface area (Å²) in [5.74, 6) is 0.851. The number of rotatable bonds is 2. The van der Waals surface area contributed by atoms with Crippen LogP contribution in [-0.2, 0) is 4.79 Å². The number of likely N-dealkylation sites (tertiary alicyclic amines) is 2.